The molecule has 0 aliphatic rings. The monoisotopic (exact) mass is 159 g/mol. The van der Waals surface area contributed by atoms with Crippen LogP contribution in [0, 0.1) is 0 Å². The van der Waals surface area contributed by atoms with Gasteiger partial charge in [0.25, 0.3) is 0 Å². The number of hydrazine groups is 1. The maximum Gasteiger partial charge on any atom is 0.209 e. The molecule has 4 nitrogen and oxygen atoms in total. The van der Waals surface area contributed by atoms with Gasteiger partial charge in [0.1, 0.15) is 0 Å². The highest BCUT2D eigenvalue weighted by molar-refractivity contribution is 5.46. The first kappa shape index (κ1) is 10.4. The smallest absolute Gasteiger partial charge is 0.209 e. The van der Waals surface area contributed by atoms with Crippen molar-refractivity contribution in [2.24, 2.45) is 5.84 Å². The van der Waals surface area contributed by atoms with Gasteiger partial charge in [0, 0.05) is 19.6 Å². The van der Waals surface area contributed by atoms with Gasteiger partial charge < -0.3 is 4.90 Å². The Morgan fingerprint density at radius 2 is 2.27 bits per heavy atom. The first-order valence-corrected chi connectivity index (χ1v) is 3.98. The van der Waals surface area contributed by atoms with Gasteiger partial charge in [-0.15, -0.1) is 0 Å². The zero-order valence-corrected chi connectivity index (χ0v) is 7.05. The lowest BCUT2D eigenvalue weighted by molar-refractivity contribution is -0.118. The van der Waals surface area contributed by atoms with E-state index in [9.17, 15) is 4.79 Å². The van der Waals surface area contributed by atoms with Gasteiger partial charge in [0.2, 0.25) is 6.41 Å². The first-order valence-electron chi connectivity index (χ1n) is 3.98. The molecule has 0 saturated carbocycles. The third-order valence-electron chi connectivity index (χ3n) is 1.43. The Balaban J connectivity index is 3.28. The van der Waals surface area contributed by atoms with Crippen molar-refractivity contribution in [1.29, 1.82) is 0 Å². The molecule has 0 aromatic rings. The molecule has 0 saturated heterocycles. The fourth-order valence-electron chi connectivity index (χ4n) is 0.889. The molecule has 0 fully saturated rings. The third kappa shape index (κ3) is 5.82. The highest BCUT2D eigenvalue weighted by Gasteiger charge is 1.97. The summed E-state index contributed by atoms with van der Waals surface area (Å²) in [5.74, 6) is 5.07. The Kier molecular flexibility index (Phi) is 7.08. The molecule has 0 atom stereocenters. The molecule has 0 aliphatic carbocycles. The first-order chi connectivity index (χ1) is 5.35. The lowest BCUT2D eigenvalue weighted by atomic mass is 10.3. The molecule has 0 aromatic carbocycles. The van der Waals surface area contributed by atoms with Crippen molar-refractivity contribution in [3.63, 3.8) is 0 Å². The second-order valence-corrected chi connectivity index (χ2v) is 2.45. The van der Waals surface area contributed by atoms with Crippen molar-refractivity contribution in [1.82, 2.24) is 10.3 Å². The molecular formula is C7H17N3O. The van der Waals surface area contributed by atoms with Crippen LogP contribution in [0.25, 0.3) is 0 Å². The summed E-state index contributed by atoms with van der Waals surface area (Å²) in [6.45, 7) is 4.45. The van der Waals surface area contributed by atoms with Crippen molar-refractivity contribution >= 4 is 6.41 Å². The molecule has 1 amide bonds. The summed E-state index contributed by atoms with van der Waals surface area (Å²) in [6.07, 6.45) is 2.81. The Morgan fingerprint density at radius 1 is 1.55 bits per heavy atom. The minimum atomic E-state index is 0.758. The second-order valence-electron chi connectivity index (χ2n) is 2.45. The number of hydrogen-bond acceptors (Lipinski definition) is 3. The highest BCUT2D eigenvalue weighted by Crippen LogP contribution is 1.88. The van der Waals surface area contributed by atoms with Gasteiger partial charge in [-0.25, -0.2) is 0 Å². The number of nitrogens with one attached hydrogen (secondary N) is 1. The van der Waals surface area contributed by atoms with E-state index in [0.717, 1.165) is 38.9 Å². The van der Waals surface area contributed by atoms with E-state index in [-0.39, 0.29) is 0 Å². The van der Waals surface area contributed by atoms with Crippen molar-refractivity contribution in [2.75, 3.05) is 19.6 Å². The van der Waals surface area contributed by atoms with E-state index >= 15 is 0 Å². The molecular weight excluding hydrogens is 142 g/mol. The van der Waals surface area contributed by atoms with E-state index in [4.69, 9.17) is 5.84 Å². The lowest BCUT2D eigenvalue weighted by Crippen LogP contribution is -2.29. The molecule has 66 valence electrons. The van der Waals surface area contributed by atoms with Crippen LogP contribution in [0.2, 0.25) is 0 Å². The van der Waals surface area contributed by atoms with E-state index in [1.807, 2.05) is 0 Å². The van der Waals surface area contributed by atoms with Crippen LogP contribution in [-0.2, 0) is 4.79 Å². The summed E-state index contributed by atoms with van der Waals surface area (Å²) >= 11 is 0. The fourth-order valence-corrected chi connectivity index (χ4v) is 0.889. The number of amides is 1. The van der Waals surface area contributed by atoms with Crippen LogP contribution in [0.15, 0.2) is 0 Å². The van der Waals surface area contributed by atoms with Gasteiger partial charge in [-0.3, -0.25) is 16.1 Å². The molecule has 0 aliphatic heterocycles. The zero-order chi connectivity index (χ0) is 8.53. The second kappa shape index (κ2) is 7.50. The molecule has 0 radical (unpaired) electrons. The van der Waals surface area contributed by atoms with E-state index in [1.54, 1.807) is 4.90 Å². The Hall–Kier alpha value is -0.610. The topological polar surface area (TPSA) is 58.4 Å². The number of rotatable bonds is 7. The third-order valence-corrected chi connectivity index (χ3v) is 1.43. The van der Waals surface area contributed by atoms with Crippen LogP contribution < -0.4 is 11.3 Å². The number of nitrogens with two attached hydrogens (primary N) is 1. The van der Waals surface area contributed by atoms with Crippen LogP contribution in [0.4, 0.5) is 0 Å². The predicted molar refractivity (Wildman–Crippen MR) is 44.7 cm³/mol. The highest BCUT2D eigenvalue weighted by atomic mass is 16.1. The van der Waals surface area contributed by atoms with Crippen molar-refractivity contribution in [3.05, 3.63) is 0 Å². The van der Waals surface area contributed by atoms with E-state index in [0.29, 0.717) is 0 Å². The Morgan fingerprint density at radius 3 is 2.73 bits per heavy atom. The minimum Gasteiger partial charge on any atom is -0.345 e. The van der Waals surface area contributed by atoms with E-state index < -0.39 is 0 Å². The van der Waals surface area contributed by atoms with E-state index in [1.165, 1.54) is 0 Å². The van der Waals surface area contributed by atoms with Gasteiger partial charge in [-0.05, 0) is 12.8 Å². The normalized spacial score (nSPS) is 9.64. The minimum absolute atomic E-state index is 0.758. The molecule has 3 N–H and O–H groups in total. The average molecular weight is 159 g/mol. The molecule has 0 aromatic heterocycles. The quantitative estimate of drug-likeness (QED) is 0.232. The molecule has 4 heteroatoms. The maximum atomic E-state index is 10.4. The largest absolute Gasteiger partial charge is 0.345 e. The molecule has 0 unspecified atom stereocenters. The van der Waals surface area contributed by atoms with Crippen LogP contribution in [0.5, 0.6) is 0 Å². The van der Waals surface area contributed by atoms with Gasteiger partial charge in [0.15, 0.2) is 0 Å². The lowest BCUT2D eigenvalue weighted by Gasteiger charge is -2.15. The maximum absolute atomic E-state index is 10.4. The van der Waals surface area contributed by atoms with Crippen LogP contribution in [0.3, 0.4) is 0 Å². The molecule has 11 heavy (non-hydrogen) atoms. The number of carbonyl (C=O) groups is 1. The Bertz CT molecular complexity index is 97.7. The summed E-state index contributed by atoms with van der Waals surface area (Å²) in [5.41, 5.74) is 2.55. The molecule has 0 spiro atoms. The number of hydrogen-bond donors (Lipinski definition) is 2. The number of nitrogens with zero attached hydrogens (tertiary/aromatic N) is 1. The summed E-state index contributed by atoms with van der Waals surface area (Å²) in [6, 6.07) is 0. The zero-order valence-electron chi connectivity index (χ0n) is 7.05. The summed E-state index contributed by atoms with van der Waals surface area (Å²) in [5, 5.41) is 0. The molecule has 0 heterocycles. The Labute approximate surface area is 67.7 Å². The van der Waals surface area contributed by atoms with E-state index in [2.05, 4.69) is 12.3 Å². The molecule has 0 bridgehead atoms. The average Bonchev–Trinajstić information content (AvgIpc) is 2.03. The summed E-state index contributed by atoms with van der Waals surface area (Å²) < 4.78 is 0. The van der Waals surface area contributed by atoms with Gasteiger partial charge in [-0.2, -0.15) is 0 Å². The number of carbonyl (C=O) groups excluding carboxylic acids is 1. The van der Waals surface area contributed by atoms with Crippen LogP contribution >= 0.6 is 0 Å². The van der Waals surface area contributed by atoms with Gasteiger partial charge >= 0.3 is 0 Å². The van der Waals surface area contributed by atoms with Crippen LogP contribution in [0.1, 0.15) is 19.8 Å². The van der Waals surface area contributed by atoms with Crippen LogP contribution in [-0.4, -0.2) is 30.9 Å². The SMILES string of the molecule is CCCN(C=O)CCCNN. The standard InChI is InChI=1S/C7H17N3O/c1-2-5-10(7-11)6-3-4-9-8/h7,9H,2-6,8H2,1H3. The molecule has 0 rings (SSSR count). The predicted octanol–water partition coefficient (Wildman–Crippen LogP) is -0.292. The van der Waals surface area contributed by atoms with Gasteiger partial charge in [0.05, 0.1) is 0 Å². The summed E-state index contributed by atoms with van der Waals surface area (Å²) in [7, 11) is 0. The fraction of sp³-hybridized carbons (Fsp3) is 0.857. The van der Waals surface area contributed by atoms with Crippen molar-refractivity contribution in [2.45, 2.75) is 19.8 Å². The van der Waals surface area contributed by atoms with Gasteiger partial charge in [-0.1, -0.05) is 6.92 Å². The summed E-state index contributed by atoms with van der Waals surface area (Å²) in [4.78, 5) is 12.1. The van der Waals surface area contributed by atoms with Crippen molar-refractivity contribution < 1.29 is 4.79 Å². The van der Waals surface area contributed by atoms with Crippen molar-refractivity contribution in [3.8, 4) is 0 Å².